The van der Waals surface area contributed by atoms with E-state index >= 15 is 0 Å². The van der Waals surface area contributed by atoms with E-state index in [1.54, 1.807) is 0 Å². The molecule has 2 aromatic carbocycles. The van der Waals surface area contributed by atoms with E-state index in [9.17, 15) is 0 Å². The maximum Gasteiger partial charge on any atom is 0.142 e. The number of alkyl halides is 1. The lowest BCUT2D eigenvalue weighted by Gasteiger charge is -2.25. The highest BCUT2D eigenvalue weighted by atomic mass is 79.9. The van der Waals surface area contributed by atoms with E-state index in [0.717, 1.165) is 40.8 Å². The first-order valence-electron chi connectivity index (χ1n) is 6.63. The zero-order valence-electron chi connectivity index (χ0n) is 11.0. The highest BCUT2D eigenvalue weighted by Crippen LogP contribution is 2.39. The van der Waals surface area contributed by atoms with E-state index in [1.807, 2.05) is 12.1 Å². The van der Waals surface area contributed by atoms with E-state index in [4.69, 9.17) is 4.74 Å². The molecular formula is C16H15Br2NO. The Labute approximate surface area is 136 Å². The molecule has 0 amide bonds. The Morgan fingerprint density at radius 3 is 2.75 bits per heavy atom. The molecule has 2 nitrogen and oxygen atoms in total. The first-order valence-corrected chi connectivity index (χ1v) is 8.55. The Balaban J connectivity index is 2.05. The summed E-state index contributed by atoms with van der Waals surface area (Å²) in [6.07, 6.45) is 1.02. The standard InChI is InChI=1S/C16H15Br2NO/c17-11-12-6-7-14(13(18)10-12)19-8-3-9-20-16-5-2-1-4-15(16)19/h1-2,4-7,10H,3,8-9,11H2. The summed E-state index contributed by atoms with van der Waals surface area (Å²) in [7, 11) is 0. The number of halogens is 2. The van der Waals surface area contributed by atoms with Crippen LogP contribution in [0.15, 0.2) is 46.9 Å². The van der Waals surface area contributed by atoms with Gasteiger partial charge in [-0.15, -0.1) is 0 Å². The number of ether oxygens (including phenoxy) is 1. The van der Waals surface area contributed by atoms with Crippen molar-refractivity contribution in [3.8, 4) is 5.75 Å². The molecule has 0 saturated carbocycles. The van der Waals surface area contributed by atoms with Gasteiger partial charge in [-0.1, -0.05) is 34.1 Å². The van der Waals surface area contributed by atoms with E-state index in [0.29, 0.717) is 0 Å². The van der Waals surface area contributed by atoms with Gasteiger partial charge in [0.25, 0.3) is 0 Å². The third kappa shape index (κ3) is 2.72. The van der Waals surface area contributed by atoms with Gasteiger partial charge in [-0.25, -0.2) is 0 Å². The number of fused-ring (bicyclic) bond motifs is 1. The lowest BCUT2D eigenvalue weighted by Crippen LogP contribution is -2.18. The van der Waals surface area contributed by atoms with Crippen molar-refractivity contribution in [2.75, 3.05) is 18.1 Å². The van der Waals surface area contributed by atoms with Crippen LogP contribution in [0.25, 0.3) is 0 Å². The topological polar surface area (TPSA) is 12.5 Å². The van der Waals surface area contributed by atoms with Gasteiger partial charge in [-0.2, -0.15) is 0 Å². The van der Waals surface area contributed by atoms with Crippen molar-refractivity contribution >= 4 is 43.2 Å². The number of benzene rings is 2. The van der Waals surface area contributed by atoms with Crippen LogP contribution in [-0.2, 0) is 5.33 Å². The van der Waals surface area contributed by atoms with Gasteiger partial charge in [0.1, 0.15) is 5.75 Å². The van der Waals surface area contributed by atoms with Crippen molar-refractivity contribution in [3.05, 3.63) is 52.5 Å². The van der Waals surface area contributed by atoms with Crippen LogP contribution in [0.4, 0.5) is 11.4 Å². The second-order valence-corrected chi connectivity index (χ2v) is 6.16. The minimum atomic E-state index is 0.768. The molecule has 0 aliphatic carbocycles. The van der Waals surface area contributed by atoms with Gasteiger partial charge in [0.15, 0.2) is 0 Å². The van der Waals surface area contributed by atoms with Crippen molar-refractivity contribution in [2.24, 2.45) is 0 Å². The second kappa shape index (κ2) is 6.19. The van der Waals surface area contributed by atoms with Gasteiger partial charge in [-0.05, 0) is 52.2 Å². The molecule has 4 heteroatoms. The van der Waals surface area contributed by atoms with E-state index in [2.05, 4.69) is 67.1 Å². The number of hydrogen-bond acceptors (Lipinski definition) is 2. The predicted octanol–water partition coefficient (Wildman–Crippen LogP) is 5.26. The fourth-order valence-electron chi connectivity index (χ4n) is 2.43. The Morgan fingerprint density at radius 1 is 1.10 bits per heavy atom. The number of anilines is 2. The molecule has 1 aliphatic rings. The fraction of sp³-hybridized carbons (Fsp3) is 0.250. The molecule has 3 rings (SSSR count). The summed E-state index contributed by atoms with van der Waals surface area (Å²) in [5, 5.41) is 0.867. The molecule has 0 spiro atoms. The minimum absolute atomic E-state index is 0.768. The smallest absolute Gasteiger partial charge is 0.142 e. The molecule has 0 radical (unpaired) electrons. The Morgan fingerprint density at radius 2 is 1.95 bits per heavy atom. The summed E-state index contributed by atoms with van der Waals surface area (Å²) in [6.45, 7) is 1.73. The van der Waals surface area contributed by atoms with Crippen LogP contribution in [0.5, 0.6) is 5.75 Å². The summed E-state index contributed by atoms with van der Waals surface area (Å²) in [6, 6.07) is 14.7. The quantitative estimate of drug-likeness (QED) is 0.641. The third-order valence-electron chi connectivity index (χ3n) is 3.40. The van der Waals surface area contributed by atoms with Gasteiger partial charge in [0.05, 0.1) is 18.0 Å². The Bertz CT molecular complexity index is 615. The van der Waals surface area contributed by atoms with Crippen molar-refractivity contribution in [1.82, 2.24) is 0 Å². The Hall–Kier alpha value is -1.00. The molecule has 0 fully saturated rings. The minimum Gasteiger partial charge on any atom is -0.491 e. The van der Waals surface area contributed by atoms with Gasteiger partial charge < -0.3 is 9.64 Å². The van der Waals surface area contributed by atoms with Crippen LogP contribution in [0.3, 0.4) is 0 Å². The van der Waals surface area contributed by atoms with Gasteiger partial charge >= 0.3 is 0 Å². The molecule has 20 heavy (non-hydrogen) atoms. The summed E-state index contributed by atoms with van der Waals surface area (Å²) in [4.78, 5) is 2.32. The monoisotopic (exact) mass is 395 g/mol. The summed E-state index contributed by atoms with van der Waals surface area (Å²) in [5.41, 5.74) is 3.59. The second-order valence-electron chi connectivity index (χ2n) is 4.74. The zero-order chi connectivity index (χ0) is 13.9. The Kier molecular flexibility index (Phi) is 4.32. The van der Waals surface area contributed by atoms with Crippen molar-refractivity contribution in [2.45, 2.75) is 11.8 Å². The van der Waals surface area contributed by atoms with Crippen LogP contribution < -0.4 is 9.64 Å². The summed E-state index contributed by atoms with van der Waals surface area (Å²) in [5.74, 6) is 0.960. The average Bonchev–Trinajstić information content (AvgIpc) is 2.69. The number of rotatable bonds is 2. The van der Waals surface area contributed by atoms with Crippen LogP contribution >= 0.6 is 31.9 Å². The van der Waals surface area contributed by atoms with Gasteiger partial charge in [0.2, 0.25) is 0 Å². The maximum atomic E-state index is 5.82. The molecule has 2 aromatic rings. The zero-order valence-corrected chi connectivity index (χ0v) is 14.2. The largest absolute Gasteiger partial charge is 0.491 e. The van der Waals surface area contributed by atoms with Crippen LogP contribution in [0.1, 0.15) is 12.0 Å². The molecule has 1 aliphatic heterocycles. The van der Waals surface area contributed by atoms with E-state index in [1.165, 1.54) is 11.3 Å². The normalized spacial score (nSPS) is 14.4. The maximum absolute atomic E-state index is 5.82. The molecular weight excluding hydrogens is 382 g/mol. The van der Waals surface area contributed by atoms with E-state index in [-0.39, 0.29) is 0 Å². The molecule has 0 N–H and O–H groups in total. The van der Waals surface area contributed by atoms with Crippen LogP contribution in [0.2, 0.25) is 0 Å². The van der Waals surface area contributed by atoms with E-state index < -0.39 is 0 Å². The lowest BCUT2D eigenvalue weighted by molar-refractivity contribution is 0.322. The van der Waals surface area contributed by atoms with Crippen LogP contribution in [0, 0.1) is 0 Å². The molecule has 0 saturated heterocycles. The number of hydrogen-bond donors (Lipinski definition) is 0. The average molecular weight is 397 g/mol. The molecule has 0 bridgehead atoms. The van der Waals surface area contributed by atoms with Crippen molar-refractivity contribution in [3.63, 3.8) is 0 Å². The SMILES string of the molecule is BrCc1ccc(N2CCCOc3ccccc32)c(Br)c1. The molecule has 0 atom stereocenters. The number of nitrogens with zero attached hydrogens (tertiary/aromatic N) is 1. The van der Waals surface area contributed by atoms with Gasteiger partial charge in [-0.3, -0.25) is 0 Å². The molecule has 0 aromatic heterocycles. The highest BCUT2D eigenvalue weighted by molar-refractivity contribution is 9.10. The molecule has 104 valence electrons. The predicted molar refractivity (Wildman–Crippen MR) is 90.3 cm³/mol. The van der Waals surface area contributed by atoms with Crippen molar-refractivity contribution in [1.29, 1.82) is 0 Å². The van der Waals surface area contributed by atoms with Crippen LogP contribution in [-0.4, -0.2) is 13.2 Å². The third-order valence-corrected chi connectivity index (χ3v) is 4.68. The highest BCUT2D eigenvalue weighted by Gasteiger charge is 2.19. The first kappa shape index (κ1) is 14.0. The molecule has 0 unspecified atom stereocenters. The summed E-state index contributed by atoms with van der Waals surface area (Å²) >= 11 is 7.19. The molecule has 1 heterocycles. The first-order chi connectivity index (χ1) is 9.79. The van der Waals surface area contributed by atoms with Gasteiger partial charge in [0, 0.05) is 16.3 Å². The fourth-order valence-corrected chi connectivity index (χ4v) is 3.42. The number of para-hydroxylation sites is 2. The lowest BCUT2D eigenvalue weighted by atomic mass is 10.2. The van der Waals surface area contributed by atoms with Crippen molar-refractivity contribution < 1.29 is 4.74 Å². The summed E-state index contributed by atoms with van der Waals surface area (Å²) < 4.78 is 6.94.